The summed E-state index contributed by atoms with van der Waals surface area (Å²) >= 11 is 1.66. The molecule has 4 rings (SSSR count). The highest BCUT2D eigenvalue weighted by atomic mass is 35.5. The van der Waals surface area contributed by atoms with E-state index in [0.29, 0.717) is 6.61 Å². The first-order chi connectivity index (χ1) is 13.4. The van der Waals surface area contributed by atoms with Crippen molar-refractivity contribution in [1.29, 1.82) is 0 Å². The number of ether oxygens (including phenoxy) is 1. The second-order valence-corrected chi connectivity index (χ2v) is 7.19. The summed E-state index contributed by atoms with van der Waals surface area (Å²) in [7, 11) is 0. The highest BCUT2D eigenvalue weighted by Gasteiger charge is 2.24. The van der Waals surface area contributed by atoms with Crippen LogP contribution in [0.3, 0.4) is 0 Å². The zero-order valence-electron chi connectivity index (χ0n) is 15.4. The summed E-state index contributed by atoms with van der Waals surface area (Å²) < 4.78 is 5.93. The molecule has 4 nitrogen and oxygen atoms in total. The number of allylic oxidation sites excluding steroid dienone is 2. The van der Waals surface area contributed by atoms with Gasteiger partial charge in [-0.05, 0) is 42.1 Å². The molecule has 0 aromatic heterocycles. The highest BCUT2D eigenvalue weighted by molar-refractivity contribution is 8.06. The summed E-state index contributed by atoms with van der Waals surface area (Å²) in [5.74, 6) is 1.74. The van der Waals surface area contributed by atoms with Gasteiger partial charge in [0.05, 0.1) is 17.2 Å². The number of nitrogens with one attached hydrogen (secondary N) is 2. The monoisotopic (exact) mass is 414 g/mol. The molecule has 0 saturated carbocycles. The Morgan fingerprint density at radius 1 is 1.07 bits per heavy atom. The minimum atomic E-state index is 0. The zero-order valence-corrected chi connectivity index (χ0v) is 17.0. The van der Waals surface area contributed by atoms with Crippen LogP contribution < -0.4 is 15.5 Å². The summed E-state index contributed by atoms with van der Waals surface area (Å²) in [5.41, 5.74) is 6.39. The largest absolute Gasteiger partial charge is 0.494 e. The maximum absolute atomic E-state index is 5.93. The van der Waals surface area contributed by atoms with E-state index in [9.17, 15) is 0 Å². The molecule has 0 amide bonds. The van der Waals surface area contributed by atoms with Crippen molar-refractivity contribution in [2.45, 2.75) is 13.0 Å². The fourth-order valence-corrected chi connectivity index (χ4v) is 3.73. The first-order valence-electron chi connectivity index (χ1n) is 9.09. The van der Waals surface area contributed by atoms with E-state index in [4.69, 9.17) is 9.57 Å². The van der Waals surface area contributed by atoms with Crippen molar-refractivity contribution < 1.29 is 9.57 Å². The molecule has 0 saturated heterocycles. The Morgan fingerprint density at radius 2 is 1.96 bits per heavy atom. The Morgan fingerprint density at radius 3 is 2.86 bits per heavy atom. The van der Waals surface area contributed by atoms with Gasteiger partial charge in [0, 0.05) is 12.1 Å². The molecule has 0 fully saturated rings. The molecule has 0 spiro atoms. The smallest absolute Gasteiger partial charge is 0.171 e. The number of hydrogen-bond donors (Lipinski definition) is 2. The number of halogens is 1. The molecule has 2 aromatic carbocycles. The molecular weight excluding hydrogens is 392 g/mol. The van der Waals surface area contributed by atoms with Gasteiger partial charge in [0.2, 0.25) is 0 Å². The van der Waals surface area contributed by atoms with E-state index in [-0.39, 0.29) is 12.4 Å². The van der Waals surface area contributed by atoms with E-state index in [2.05, 4.69) is 52.6 Å². The highest BCUT2D eigenvalue weighted by Crippen LogP contribution is 2.39. The molecule has 2 heterocycles. The predicted molar refractivity (Wildman–Crippen MR) is 118 cm³/mol. The van der Waals surface area contributed by atoms with Gasteiger partial charge in [-0.1, -0.05) is 60.3 Å². The fraction of sp³-hybridized carbons (Fsp3) is 0.182. The van der Waals surface area contributed by atoms with Crippen LogP contribution in [0.25, 0.3) is 5.70 Å². The SMILES string of the molecule is C1=CSC2=C(c3cccc(OCCCNCc4ccccc4)c3)NOC2=C1.Cl. The van der Waals surface area contributed by atoms with Crippen molar-refractivity contribution >= 4 is 29.9 Å². The topological polar surface area (TPSA) is 42.5 Å². The van der Waals surface area contributed by atoms with E-state index in [1.54, 1.807) is 11.8 Å². The number of rotatable bonds is 8. The van der Waals surface area contributed by atoms with Gasteiger partial charge in [0.1, 0.15) is 5.75 Å². The predicted octanol–water partition coefficient (Wildman–Crippen LogP) is 5.01. The Balaban J connectivity index is 0.00000225. The van der Waals surface area contributed by atoms with Gasteiger partial charge in [-0.15, -0.1) is 12.4 Å². The Hall–Kier alpha value is -2.34. The van der Waals surface area contributed by atoms with E-state index in [0.717, 1.165) is 47.2 Å². The summed E-state index contributed by atoms with van der Waals surface area (Å²) in [6, 6.07) is 18.6. The van der Waals surface area contributed by atoms with Gasteiger partial charge in [-0.3, -0.25) is 0 Å². The molecule has 6 heteroatoms. The lowest BCUT2D eigenvalue weighted by molar-refractivity contribution is 0.177. The zero-order chi connectivity index (χ0) is 18.3. The standard InChI is InChI=1S/C22H22N2O2S.ClH/c1-2-7-17(8-3-1)16-23-12-6-13-25-19-10-4-9-18(15-19)21-22-20(26-24-21)11-5-14-27-22;/h1-5,7-11,14-15,23-24H,6,12-13,16H2;1H. The fourth-order valence-electron chi connectivity index (χ4n) is 2.93. The molecule has 0 aliphatic carbocycles. The lowest BCUT2D eigenvalue weighted by Crippen LogP contribution is -2.17. The van der Waals surface area contributed by atoms with Crippen LogP contribution in [0, 0.1) is 0 Å². The Kier molecular flexibility index (Phi) is 7.48. The first-order valence-corrected chi connectivity index (χ1v) is 9.97. The second-order valence-electron chi connectivity index (χ2n) is 6.28. The molecular formula is C22H23ClN2O2S. The Labute approximate surface area is 176 Å². The molecule has 0 radical (unpaired) electrons. The average molecular weight is 415 g/mol. The number of benzene rings is 2. The maximum Gasteiger partial charge on any atom is 0.171 e. The molecule has 2 N–H and O–H groups in total. The molecule has 2 aliphatic rings. The van der Waals surface area contributed by atoms with Crippen LogP contribution in [0.5, 0.6) is 5.75 Å². The summed E-state index contributed by atoms with van der Waals surface area (Å²) in [4.78, 5) is 6.65. The van der Waals surface area contributed by atoms with Crippen molar-refractivity contribution in [3.63, 3.8) is 0 Å². The minimum Gasteiger partial charge on any atom is -0.494 e. The van der Waals surface area contributed by atoms with Crippen molar-refractivity contribution in [3.8, 4) is 5.75 Å². The quantitative estimate of drug-likeness (QED) is 0.594. The van der Waals surface area contributed by atoms with Crippen LogP contribution in [-0.2, 0) is 11.4 Å². The molecule has 0 unspecified atom stereocenters. The number of thioether (sulfide) groups is 1. The van der Waals surface area contributed by atoms with Crippen molar-refractivity contribution in [2.75, 3.05) is 13.2 Å². The minimum absolute atomic E-state index is 0. The molecule has 0 bridgehead atoms. The third kappa shape index (κ3) is 5.13. The van der Waals surface area contributed by atoms with Crippen LogP contribution >= 0.6 is 24.2 Å². The van der Waals surface area contributed by atoms with Crippen molar-refractivity contribution in [2.24, 2.45) is 0 Å². The summed E-state index contributed by atoms with van der Waals surface area (Å²) in [6.07, 6.45) is 4.91. The van der Waals surface area contributed by atoms with E-state index in [1.165, 1.54) is 5.56 Å². The third-order valence-corrected chi connectivity index (χ3v) is 5.22. The summed E-state index contributed by atoms with van der Waals surface area (Å²) in [6.45, 7) is 2.50. The van der Waals surface area contributed by atoms with Crippen LogP contribution in [0.15, 0.2) is 82.8 Å². The normalized spacial score (nSPS) is 14.5. The number of hydrogen-bond acceptors (Lipinski definition) is 5. The molecule has 28 heavy (non-hydrogen) atoms. The van der Waals surface area contributed by atoms with Crippen LogP contribution in [0.1, 0.15) is 17.5 Å². The number of fused-ring (bicyclic) bond motifs is 1. The Bertz CT molecular complexity index is 881. The molecule has 0 atom stereocenters. The average Bonchev–Trinajstić information content (AvgIpc) is 3.16. The summed E-state index contributed by atoms with van der Waals surface area (Å²) in [5, 5.41) is 5.50. The van der Waals surface area contributed by atoms with Crippen LogP contribution in [-0.4, -0.2) is 13.2 Å². The van der Waals surface area contributed by atoms with Gasteiger partial charge >= 0.3 is 0 Å². The lowest BCUT2D eigenvalue weighted by Gasteiger charge is -2.10. The van der Waals surface area contributed by atoms with Gasteiger partial charge in [-0.2, -0.15) is 0 Å². The third-order valence-electron chi connectivity index (χ3n) is 4.29. The molecule has 2 aromatic rings. The van der Waals surface area contributed by atoms with Crippen LogP contribution in [0.2, 0.25) is 0 Å². The van der Waals surface area contributed by atoms with Gasteiger partial charge in [-0.25, -0.2) is 5.48 Å². The van der Waals surface area contributed by atoms with E-state index >= 15 is 0 Å². The molecule has 2 aliphatic heterocycles. The maximum atomic E-state index is 5.93. The molecule has 146 valence electrons. The van der Waals surface area contributed by atoms with Crippen molar-refractivity contribution in [1.82, 2.24) is 10.8 Å². The van der Waals surface area contributed by atoms with Gasteiger partial charge < -0.3 is 14.9 Å². The van der Waals surface area contributed by atoms with Gasteiger partial charge in [0.15, 0.2) is 5.76 Å². The van der Waals surface area contributed by atoms with E-state index in [1.807, 2.05) is 30.4 Å². The second kappa shape index (κ2) is 10.3. The first kappa shape index (κ1) is 20.4. The number of hydroxylamine groups is 1. The van der Waals surface area contributed by atoms with Gasteiger partial charge in [0.25, 0.3) is 0 Å². The van der Waals surface area contributed by atoms with Crippen LogP contribution in [0.4, 0.5) is 0 Å². The van der Waals surface area contributed by atoms with Crippen molar-refractivity contribution in [3.05, 3.63) is 93.9 Å². The van der Waals surface area contributed by atoms with E-state index < -0.39 is 0 Å². The lowest BCUT2D eigenvalue weighted by atomic mass is 10.1.